The molecule has 0 heterocycles. The Labute approximate surface area is 561 Å². The molecule has 19 heteroatoms. The Bertz CT molecular complexity index is 1870. The molecular formula is C73H138O17P2. The van der Waals surface area contributed by atoms with Gasteiger partial charge >= 0.3 is 39.5 Å². The van der Waals surface area contributed by atoms with Gasteiger partial charge in [-0.1, -0.05) is 303 Å². The molecule has 0 aromatic rings. The first-order chi connectivity index (χ1) is 44.6. The van der Waals surface area contributed by atoms with Crippen molar-refractivity contribution < 1.29 is 80.2 Å². The van der Waals surface area contributed by atoms with Crippen molar-refractivity contribution in [2.75, 3.05) is 39.6 Å². The van der Waals surface area contributed by atoms with Crippen molar-refractivity contribution in [3.8, 4) is 0 Å². The zero-order valence-electron chi connectivity index (χ0n) is 59.2. The van der Waals surface area contributed by atoms with Gasteiger partial charge < -0.3 is 33.8 Å². The average molecular weight is 1350 g/mol. The van der Waals surface area contributed by atoms with Gasteiger partial charge in [-0.3, -0.25) is 37.3 Å². The highest BCUT2D eigenvalue weighted by atomic mass is 31.2. The Morgan fingerprint density at radius 2 is 0.609 bits per heavy atom. The Morgan fingerprint density at radius 1 is 0.348 bits per heavy atom. The maximum Gasteiger partial charge on any atom is 0.472 e. The molecule has 0 saturated carbocycles. The molecular weight excluding hydrogens is 1210 g/mol. The van der Waals surface area contributed by atoms with Crippen molar-refractivity contribution >= 4 is 39.5 Å². The second-order valence-corrected chi connectivity index (χ2v) is 28.8. The molecule has 0 radical (unpaired) electrons. The van der Waals surface area contributed by atoms with E-state index in [1.165, 1.54) is 154 Å². The molecule has 0 aliphatic carbocycles. The van der Waals surface area contributed by atoms with E-state index >= 15 is 0 Å². The van der Waals surface area contributed by atoms with Crippen LogP contribution in [0, 0.1) is 5.92 Å². The molecule has 0 aliphatic heterocycles. The van der Waals surface area contributed by atoms with E-state index in [4.69, 9.17) is 37.0 Å². The van der Waals surface area contributed by atoms with Crippen LogP contribution in [-0.2, 0) is 65.4 Å². The largest absolute Gasteiger partial charge is 0.472 e. The number of phosphoric ester groups is 2. The molecule has 6 atom stereocenters. The van der Waals surface area contributed by atoms with Crippen molar-refractivity contribution in [3.05, 3.63) is 24.3 Å². The molecule has 0 spiro atoms. The summed E-state index contributed by atoms with van der Waals surface area (Å²) in [6.45, 7) is 7.17. The number of ether oxygens (including phenoxy) is 4. The maximum absolute atomic E-state index is 13.0. The topological polar surface area (TPSA) is 237 Å². The van der Waals surface area contributed by atoms with Crippen LogP contribution in [0.4, 0.5) is 0 Å². The molecule has 92 heavy (non-hydrogen) atoms. The number of unbranched alkanes of at least 4 members (excludes halogenated alkanes) is 39. The van der Waals surface area contributed by atoms with Crippen LogP contribution in [-0.4, -0.2) is 96.7 Å². The summed E-state index contributed by atoms with van der Waals surface area (Å²) < 4.78 is 68.3. The number of hydrogen-bond donors (Lipinski definition) is 3. The van der Waals surface area contributed by atoms with E-state index < -0.39 is 97.5 Å². The van der Waals surface area contributed by atoms with Gasteiger partial charge in [0.05, 0.1) is 26.4 Å². The van der Waals surface area contributed by atoms with E-state index in [0.717, 1.165) is 121 Å². The molecule has 17 nitrogen and oxygen atoms in total. The number of hydrogen-bond acceptors (Lipinski definition) is 15. The minimum atomic E-state index is -4.96. The van der Waals surface area contributed by atoms with E-state index in [1.54, 1.807) is 0 Å². The molecule has 3 N–H and O–H groups in total. The Morgan fingerprint density at radius 3 is 0.924 bits per heavy atom. The Hall–Kier alpha value is -2.46. The summed E-state index contributed by atoms with van der Waals surface area (Å²) in [5, 5.41) is 10.6. The zero-order chi connectivity index (χ0) is 67.7. The number of allylic oxidation sites excluding steroid dienone is 4. The van der Waals surface area contributed by atoms with Crippen molar-refractivity contribution in [3.63, 3.8) is 0 Å². The van der Waals surface area contributed by atoms with Crippen LogP contribution in [0.5, 0.6) is 0 Å². The lowest BCUT2D eigenvalue weighted by Gasteiger charge is -2.21. The van der Waals surface area contributed by atoms with E-state index in [2.05, 4.69) is 58.9 Å². The molecule has 0 bridgehead atoms. The molecule has 0 rings (SSSR count). The summed E-state index contributed by atoms with van der Waals surface area (Å²) in [4.78, 5) is 72.6. The lowest BCUT2D eigenvalue weighted by atomic mass is 9.99. The monoisotopic (exact) mass is 1350 g/mol. The highest BCUT2D eigenvalue weighted by Gasteiger charge is 2.30. The zero-order valence-corrected chi connectivity index (χ0v) is 61.0. The highest BCUT2D eigenvalue weighted by Crippen LogP contribution is 2.45. The molecule has 0 amide bonds. The van der Waals surface area contributed by atoms with Crippen LogP contribution in [0.25, 0.3) is 0 Å². The normalized spacial score (nSPS) is 14.5. The van der Waals surface area contributed by atoms with Crippen LogP contribution >= 0.6 is 15.6 Å². The first-order valence-corrected chi connectivity index (χ1v) is 40.5. The Balaban J connectivity index is 5.26. The number of rotatable bonds is 71. The molecule has 0 aromatic carbocycles. The number of aliphatic hydroxyl groups excluding tert-OH is 1. The highest BCUT2D eigenvalue weighted by molar-refractivity contribution is 7.47. The lowest BCUT2D eigenvalue weighted by molar-refractivity contribution is -0.161. The number of aliphatic hydroxyl groups is 1. The fourth-order valence-electron chi connectivity index (χ4n) is 10.6. The van der Waals surface area contributed by atoms with E-state index in [9.17, 15) is 43.2 Å². The lowest BCUT2D eigenvalue weighted by Crippen LogP contribution is -2.30. The van der Waals surface area contributed by atoms with Gasteiger partial charge in [-0.2, -0.15) is 0 Å². The molecule has 0 saturated heterocycles. The molecule has 0 aliphatic rings. The average Bonchev–Trinajstić information content (AvgIpc) is 2.01. The summed E-state index contributed by atoms with van der Waals surface area (Å²) in [6.07, 6.45) is 56.3. The van der Waals surface area contributed by atoms with Crippen molar-refractivity contribution in [2.45, 2.75) is 374 Å². The van der Waals surface area contributed by atoms with Crippen molar-refractivity contribution in [2.24, 2.45) is 5.92 Å². The van der Waals surface area contributed by atoms with E-state index in [0.29, 0.717) is 25.7 Å². The quantitative estimate of drug-likeness (QED) is 0.0169. The second kappa shape index (κ2) is 65.8. The van der Waals surface area contributed by atoms with Crippen LogP contribution < -0.4 is 0 Å². The minimum Gasteiger partial charge on any atom is -0.462 e. The predicted molar refractivity (Wildman–Crippen MR) is 372 cm³/mol. The molecule has 3 unspecified atom stereocenters. The van der Waals surface area contributed by atoms with Crippen molar-refractivity contribution in [1.29, 1.82) is 0 Å². The first-order valence-electron chi connectivity index (χ1n) is 37.5. The third kappa shape index (κ3) is 64.9. The number of carbonyl (C=O) groups excluding carboxylic acids is 4. The molecule has 0 aromatic heterocycles. The fraction of sp³-hybridized carbons (Fsp3) is 0.890. The SMILES string of the molecule is CCCCCC/C=C\C=C/CCCCCCCC(=O)OC[C@H](COP(=O)(O)OC[C@@H](O)COP(=O)(O)OC[C@@H](COC(=O)CCCCCCCCCC)OC(=O)CCCCCCCCCCC(C)CC)OC(=O)CCCCCCCCCCCCCCCCCCC. The predicted octanol–water partition coefficient (Wildman–Crippen LogP) is 20.9. The third-order valence-corrected chi connectivity index (χ3v) is 18.7. The summed E-state index contributed by atoms with van der Waals surface area (Å²) in [6, 6.07) is 0. The number of phosphoric acid groups is 2. The number of carbonyl (C=O) groups is 4. The van der Waals surface area contributed by atoms with Gasteiger partial charge in [0.15, 0.2) is 12.2 Å². The molecule has 542 valence electrons. The van der Waals surface area contributed by atoms with Gasteiger partial charge in [-0.05, 0) is 57.3 Å². The maximum atomic E-state index is 13.0. The first kappa shape index (κ1) is 89.5. The van der Waals surface area contributed by atoms with E-state index in [1.807, 2.05) is 0 Å². The smallest absolute Gasteiger partial charge is 0.462 e. The molecule has 0 fully saturated rings. The summed E-state index contributed by atoms with van der Waals surface area (Å²) >= 11 is 0. The second-order valence-electron chi connectivity index (χ2n) is 25.9. The van der Waals surface area contributed by atoms with Gasteiger partial charge in [-0.15, -0.1) is 0 Å². The summed E-state index contributed by atoms with van der Waals surface area (Å²) in [5.74, 6) is -1.38. The van der Waals surface area contributed by atoms with E-state index in [-0.39, 0.29) is 25.7 Å². The van der Waals surface area contributed by atoms with Crippen LogP contribution in [0.3, 0.4) is 0 Å². The van der Waals surface area contributed by atoms with Gasteiger partial charge in [0.2, 0.25) is 0 Å². The van der Waals surface area contributed by atoms with Crippen LogP contribution in [0.2, 0.25) is 0 Å². The standard InChI is InChI=1S/C73H138O17P2/c1-6-10-13-16-19-22-24-26-28-29-31-33-35-37-43-48-53-58-72(77)89-69(63-84-71(76)57-52-47-42-36-34-32-30-27-25-23-20-17-14-11-7-2)65-88-92(81,82)86-61-67(74)60-85-91(79,80)87-64-68(62-83-70(75)56-51-46-41-21-18-15-12-8-3)90-73(78)59-54-49-44-39-38-40-45-50-55-66(5)9-4/h23,25,27,30,66-69,74H,6-22,24,26,28-29,31-65H2,1-5H3,(H,79,80)(H,81,82)/b25-23-,30-27-/t66?,67-,68+,69+/m0/s1. The third-order valence-electron chi connectivity index (χ3n) is 16.8. The number of esters is 4. The van der Waals surface area contributed by atoms with Crippen LogP contribution in [0.15, 0.2) is 24.3 Å². The van der Waals surface area contributed by atoms with Gasteiger partial charge in [0.25, 0.3) is 0 Å². The summed E-state index contributed by atoms with van der Waals surface area (Å²) in [5.41, 5.74) is 0. The minimum absolute atomic E-state index is 0.102. The van der Waals surface area contributed by atoms with Gasteiger partial charge in [0, 0.05) is 25.7 Å². The van der Waals surface area contributed by atoms with Crippen molar-refractivity contribution in [1.82, 2.24) is 0 Å². The fourth-order valence-corrected chi connectivity index (χ4v) is 12.2. The summed E-state index contributed by atoms with van der Waals surface area (Å²) in [7, 11) is -9.91. The van der Waals surface area contributed by atoms with Crippen LogP contribution in [0.1, 0.15) is 356 Å². The Kier molecular flexibility index (Phi) is 64.0. The van der Waals surface area contributed by atoms with Gasteiger partial charge in [0.1, 0.15) is 19.3 Å². The van der Waals surface area contributed by atoms with Gasteiger partial charge in [-0.25, -0.2) is 9.13 Å².